The Kier molecular flexibility index (Phi) is 7.07. The molecule has 0 spiro atoms. The first-order valence-corrected chi connectivity index (χ1v) is 10.1. The Morgan fingerprint density at radius 3 is 2.57 bits per heavy atom. The van der Waals surface area contributed by atoms with E-state index >= 15 is 0 Å². The molecule has 1 unspecified atom stereocenters. The van der Waals surface area contributed by atoms with Crippen LogP contribution in [0.4, 0.5) is 0 Å². The Labute approximate surface area is 184 Å². The van der Waals surface area contributed by atoms with Gasteiger partial charge < -0.3 is 10.6 Å². The summed E-state index contributed by atoms with van der Waals surface area (Å²) in [5, 5.41) is 10.4. The second kappa shape index (κ2) is 9.73. The van der Waals surface area contributed by atoms with E-state index in [0.717, 1.165) is 5.56 Å². The van der Waals surface area contributed by atoms with Crippen LogP contribution in [0.25, 0.3) is 5.82 Å². The molecule has 0 aliphatic rings. The van der Waals surface area contributed by atoms with Crippen LogP contribution in [0.15, 0.2) is 55.0 Å². The van der Waals surface area contributed by atoms with Gasteiger partial charge in [-0.05, 0) is 41.8 Å². The summed E-state index contributed by atoms with van der Waals surface area (Å²) in [7, 11) is 0. The molecule has 0 saturated heterocycles. The third-order valence-electron chi connectivity index (χ3n) is 4.43. The van der Waals surface area contributed by atoms with Crippen LogP contribution >= 0.6 is 23.2 Å². The summed E-state index contributed by atoms with van der Waals surface area (Å²) in [5.74, 6) is -0.169. The maximum Gasteiger partial charge on any atom is 0.253 e. The van der Waals surface area contributed by atoms with Gasteiger partial charge in [0.05, 0.1) is 10.6 Å². The summed E-state index contributed by atoms with van der Waals surface area (Å²) in [4.78, 5) is 29.6. The molecule has 3 rings (SSSR count). The quantitative estimate of drug-likeness (QED) is 0.580. The number of pyridine rings is 1. The summed E-state index contributed by atoms with van der Waals surface area (Å²) in [6.45, 7) is 3.99. The molecule has 0 aliphatic heterocycles. The summed E-state index contributed by atoms with van der Waals surface area (Å²) >= 11 is 12.0. The van der Waals surface area contributed by atoms with Crippen LogP contribution in [0, 0.1) is 5.92 Å². The molecule has 0 bridgehead atoms. The van der Waals surface area contributed by atoms with E-state index in [2.05, 4.69) is 20.7 Å². The van der Waals surface area contributed by atoms with Gasteiger partial charge in [-0.15, -0.1) is 0 Å². The normalized spacial score (nSPS) is 11.9. The van der Waals surface area contributed by atoms with Crippen LogP contribution in [-0.4, -0.2) is 32.6 Å². The van der Waals surface area contributed by atoms with Crippen molar-refractivity contribution in [2.45, 2.75) is 26.4 Å². The highest BCUT2D eigenvalue weighted by Gasteiger charge is 2.25. The molecule has 2 amide bonds. The number of nitrogens with zero attached hydrogens (tertiary/aromatic N) is 3. The molecule has 1 aromatic carbocycles. The molecule has 7 nitrogen and oxygen atoms in total. The Balaban J connectivity index is 1.62. The Morgan fingerprint density at radius 1 is 1.17 bits per heavy atom. The van der Waals surface area contributed by atoms with E-state index in [0.29, 0.717) is 10.8 Å². The SMILES string of the molecule is CC(C)C(NC(=O)c1ccc(Cl)cc1Cl)C(=O)NCc1ccc(-n2cccn2)nc1. The molecule has 30 heavy (non-hydrogen) atoms. The number of carbonyl (C=O) groups excluding carboxylic acids is 2. The van der Waals surface area contributed by atoms with Crippen LogP contribution in [0.5, 0.6) is 0 Å². The van der Waals surface area contributed by atoms with Gasteiger partial charge in [0, 0.05) is 30.2 Å². The van der Waals surface area contributed by atoms with Crippen molar-refractivity contribution in [2.75, 3.05) is 0 Å². The molecule has 0 fully saturated rings. The van der Waals surface area contributed by atoms with Crippen molar-refractivity contribution in [3.63, 3.8) is 0 Å². The van der Waals surface area contributed by atoms with Crippen molar-refractivity contribution in [3.8, 4) is 5.82 Å². The van der Waals surface area contributed by atoms with Gasteiger partial charge in [-0.25, -0.2) is 9.67 Å². The Bertz CT molecular complexity index is 1020. The molecule has 2 heterocycles. The highest BCUT2D eigenvalue weighted by atomic mass is 35.5. The summed E-state index contributed by atoms with van der Waals surface area (Å²) in [6.07, 6.45) is 5.15. The van der Waals surface area contributed by atoms with Gasteiger partial charge in [-0.2, -0.15) is 5.10 Å². The van der Waals surface area contributed by atoms with Gasteiger partial charge in [-0.1, -0.05) is 43.1 Å². The summed E-state index contributed by atoms with van der Waals surface area (Å²) in [6, 6.07) is 9.37. The largest absolute Gasteiger partial charge is 0.350 e. The van der Waals surface area contributed by atoms with Crippen LogP contribution < -0.4 is 10.6 Å². The summed E-state index contributed by atoms with van der Waals surface area (Å²) < 4.78 is 1.65. The van der Waals surface area contributed by atoms with Crippen molar-refractivity contribution in [2.24, 2.45) is 5.92 Å². The Hall–Kier alpha value is -2.90. The van der Waals surface area contributed by atoms with E-state index < -0.39 is 11.9 Å². The summed E-state index contributed by atoms with van der Waals surface area (Å²) in [5.41, 5.74) is 1.09. The van der Waals surface area contributed by atoms with Crippen LogP contribution in [0.2, 0.25) is 10.0 Å². The van der Waals surface area contributed by atoms with Crippen molar-refractivity contribution in [3.05, 3.63) is 76.2 Å². The van der Waals surface area contributed by atoms with Crippen LogP contribution in [-0.2, 0) is 11.3 Å². The lowest BCUT2D eigenvalue weighted by Crippen LogP contribution is -2.49. The van der Waals surface area contributed by atoms with Gasteiger partial charge in [0.1, 0.15) is 6.04 Å². The first kappa shape index (κ1) is 21.8. The van der Waals surface area contributed by atoms with E-state index in [4.69, 9.17) is 23.2 Å². The highest BCUT2D eigenvalue weighted by molar-refractivity contribution is 6.36. The molecule has 0 radical (unpaired) electrons. The topological polar surface area (TPSA) is 88.9 Å². The maximum absolute atomic E-state index is 12.7. The zero-order valence-corrected chi connectivity index (χ0v) is 18.0. The number of amides is 2. The van der Waals surface area contributed by atoms with Gasteiger partial charge in [-0.3, -0.25) is 9.59 Å². The maximum atomic E-state index is 12.7. The molecular weight excluding hydrogens is 425 g/mol. The van der Waals surface area contributed by atoms with Crippen molar-refractivity contribution in [1.29, 1.82) is 0 Å². The lowest BCUT2D eigenvalue weighted by molar-refractivity contribution is -0.124. The van der Waals surface area contributed by atoms with Gasteiger partial charge >= 0.3 is 0 Å². The minimum absolute atomic E-state index is 0.125. The van der Waals surface area contributed by atoms with E-state index in [1.54, 1.807) is 29.3 Å². The van der Waals surface area contributed by atoms with E-state index in [1.807, 2.05) is 32.0 Å². The number of aromatic nitrogens is 3. The fraction of sp³-hybridized carbons (Fsp3) is 0.238. The molecule has 0 saturated carbocycles. The second-order valence-corrected chi connectivity index (χ2v) is 7.86. The van der Waals surface area contributed by atoms with Crippen molar-refractivity contribution >= 4 is 35.0 Å². The zero-order valence-electron chi connectivity index (χ0n) is 16.5. The molecule has 0 aliphatic carbocycles. The van der Waals surface area contributed by atoms with Crippen LogP contribution in [0.3, 0.4) is 0 Å². The lowest BCUT2D eigenvalue weighted by Gasteiger charge is -2.22. The Morgan fingerprint density at radius 2 is 1.97 bits per heavy atom. The number of hydrogen-bond donors (Lipinski definition) is 2. The van der Waals surface area contributed by atoms with Crippen molar-refractivity contribution < 1.29 is 9.59 Å². The molecule has 156 valence electrons. The lowest BCUT2D eigenvalue weighted by atomic mass is 10.0. The molecule has 1 atom stereocenters. The van der Waals surface area contributed by atoms with Crippen molar-refractivity contribution in [1.82, 2.24) is 25.4 Å². The predicted octanol–water partition coefficient (Wildman–Crippen LogP) is 3.64. The standard InChI is InChI=1S/C21H21Cl2N5O2/c1-13(2)19(27-20(29)16-6-5-15(22)10-17(16)23)21(30)25-12-14-4-7-18(24-11-14)28-9-3-8-26-28/h3-11,13,19H,12H2,1-2H3,(H,25,30)(H,27,29). The average Bonchev–Trinajstić information content (AvgIpc) is 3.25. The second-order valence-electron chi connectivity index (χ2n) is 7.01. The average molecular weight is 446 g/mol. The third-order valence-corrected chi connectivity index (χ3v) is 4.97. The molecule has 9 heteroatoms. The minimum atomic E-state index is -0.722. The van der Waals surface area contributed by atoms with E-state index in [1.165, 1.54) is 12.1 Å². The molecule has 2 N–H and O–H groups in total. The van der Waals surface area contributed by atoms with Gasteiger partial charge in [0.2, 0.25) is 5.91 Å². The smallest absolute Gasteiger partial charge is 0.253 e. The number of carbonyl (C=O) groups is 2. The number of hydrogen-bond acceptors (Lipinski definition) is 4. The van der Waals surface area contributed by atoms with E-state index in [-0.39, 0.29) is 29.0 Å². The fourth-order valence-electron chi connectivity index (χ4n) is 2.79. The van der Waals surface area contributed by atoms with E-state index in [9.17, 15) is 9.59 Å². The van der Waals surface area contributed by atoms with Gasteiger partial charge in [0.15, 0.2) is 5.82 Å². The number of nitrogens with one attached hydrogen (secondary N) is 2. The van der Waals surface area contributed by atoms with Gasteiger partial charge in [0.25, 0.3) is 5.91 Å². The fourth-order valence-corrected chi connectivity index (χ4v) is 3.28. The molecular formula is C21H21Cl2N5O2. The zero-order chi connectivity index (χ0) is 21.7. The number of halogens is 2. The monoisotopic (exact) mass is 445 g/mol. The van der Waals surface area contributed by atoms with Crippen LogP contribution in [0.1, 0.15) is 29.8 Å². The predicted molar refractivity (Wildman–Crippen MR) is 116 cm³/mol. The first-order chi connectivity index (χ1) is 14.3. The number of benzene rings is 1. The minimum Gasteiger partial charge on any atom is -0.350 e. The number of rotatable bonds is 7. The highest BCUT2D eigenvalue weighted by Crippen LogP contribution is 2.21. The third kappa shape index (κ3) is 5.37. The molecule has 3 aromatic rings. The molecule has 2 aromatic heterocycles. The first-order valence-electron chi connectivity index (χ1n) is 9.33.